The molecular weight excluding hydrogens is 367 g/mol. The Morgan fingerprint density at radius 3 is 1.55 bits per heavy atom. The van der Waals surface area contributed by atoms with Crippen molar-refractivity contribution in [2.45, 2.75) is 58.3 Å². The number of hydrogen-bond acceptors (Lipinski definition) is 3. The molecule has 0 saturated heterocycles. The molecule has 0 unspecified atom stereocenters. The minimum absolute atomic E-state index is 0.678. The average molecular weight is 400 g/mol. The Morgan fingerprint density at radius 2 is 1.00 bits per heavy atom. The molecular formula is C16H33IO3. The number of halogens is 1. The van der Waals surface area contributed by atoms with Gasteiger partial charge in [0.2, 0.25) is 0 Å². The summed E-state index contributed by atoms with van der Waals surface area (Å²) in [7, 11) is 0. The van der Waals surface area contributed by atoms with E-state index in [0.29, 0.717) is 26.4 Å². The van der Waals surface area contributed by atoms with Crippen LogP contribution in [0.15, 0.2) is 0 Å². The van der Waals surface area contributed by atoms with E-state index in [4.69, 9.17) is 14.2 Å². The highest BCUT2D eigenvalue weighted by molar-refractivity contribution is 14.1. The molecule has 0 aliphatic heterocycles. The Morgan fingerprint density at radius 1 is 0.550 bits per heavy atom. The SMILES string of the molecule is CCCCCCCCCCOCCOCCOCCI. The summed E-state index contributed by atoms with van der Waals surface area (Å²) in [5.41, 5.74) is 0. The van der Waals surface area contributed by atoms with Crippen LogP contribution in [0.3, 0.4) is 0 Å². The molecule has 0 spiro atoms. The van der Waals surface area contributed by atoms with Crippen molar-refractivity contribution in [3.63, 3.8) is 0 Å². The maximum atomic E-state index is 5.54. The first-order valence-corrected chi connectivity index (χ1v) is 9.73. The summed E-state index contributed by atoms with van der Waals surface area (Å²) in [6, 6.07) is 0. The van der Waals surface area contributed by atoms with Crippen LogP contribution in [0, 0.1) is 0 Å². The van der Waals surface area contributed by atoms with Crippen molar-refractivity contribution in [2.24, 2.45) is 0 Å². The zero-order valence-corrected chi connectivity index (χ0v) is 15.4. The van der Waals surface area contributed by atoms with Crippen LogP contribution in [-0.2, 0) is 14.2 Å². The second kappa shape index (κ2) is 19.6. The molecule has 0 aromatic rings. The van der Waals surface area contributed by atoms with E-state index in [2.05, 4.69) is 29.5 Å². The van der Waals surface area contributed by atoms with E-state index in [1.807, 2.05) is 0 Å². The molecule has 4 heteroatoms. The van der Waals surface area contributed by atoms with Crippen molar-refractivity contribution < 1.29 is 14.2 Å². The van der Waals surface area contributed by atoms with Crippen LogP contribution in [0.4, 0.5) is 0 Å². The van der Waals surface area contributed by atoms with Crippen molar-refractivity contribution in [3.05, 3.63) is 0 Å². The lowest BCUT2D eigenvalue weighted by molar-refractivity contribution is 0.0169. The number of alkyl halides is 1. The predicted octanol–water partition coefficient (Wildman–Crippen LogP) is 4.61. The highest BCUT2D eigenvalue weighted by atomic mass is 127. The lowest BCUT2D eigenvalue weighted by atomic mass is 10.1. The van der Waals surface area contributed by atoms with Gasteiger partial charge < -0.3 is 14.2 Å². The van der Waals surface area contributed by atoms with Crippen molar-refractivity contribution in [1.82, 2.24) is 0 Å². The molecule has 3 nitrogen and oxygen atoms in total. The molecule has 0 fully saturated rings. The smallest absolute Gasteiger partial charge is 0.0701 e. The third kappa shape index (κ3) is 18.6. The van der Waals surface area contributed by atoms with E-state index in [9.17, 15) is 0 Å². The first-order valence-electron chi connectivity index (χ1n) is 8.21. The second-order valence-electron chi connectivity index (χ2n) is 5.00. The fourth-order valence-electron chi connectivity index (χ4n) is 1.93. The highest BCUT2D eigenvalue weighted by Crippen LogP contribution is 2.08. The molecule has 0 aromatic carbocycles. The number of hydrogen-bond donors (Lipinski definition) is 0. The summed E-state index contributed by atoms with van der Waals surface area (Å²) in [4.78, 5) is 0. The quantitative estimate of drug-likeness (QED) is 0.203. The molecule has 0 amide bonds. The van der Waals surface area contributed by atoms with Crippen molar-refractivity contribution in [1.29, 1.82) is 0 Å². The average Bonchev–Trinajstić information content (AvgIpc) is 2.47. The molecule has 0 heterocycles. The lowest BCUT2D eigenvalue weighted by Crippen LogP contribution is -2.10. The van der Waals surface area contributed by atoms with Gasteiger partial charge in [0.05, 0.1) is 33.0 Å². The van der Waals surface area contributed by atoms with Gasteiger partial charge in [0.25, 0.3) is 0 Å². The van der Waals surface area contributed by atoms with Gasteiger partial charge in [-0.3, -0.25) is 0 Å². The van der Waals surface area contributed by atoms with Crippen molar-refractivity contribution in [3.8, 4) is 0 Å². The summed E-state index contributed by atoms with van der Waals surface area (Å²) < 4.78 is 17.3. The maximum Gasteiger partial charge on any atom is 0.0701 e. The summed E-state index contributed by atoms with van der Waals surface area (Å²) in [5, 5.41) is 0. The molecule has 0 atom stereocenters. The first kappa shape index (κ1) is 20.6. The maximum absolute atomic E-state index is 5.54. The van der Waals surface area contributed by atoms with Gasteiger partial charge in [0.1, 0.15) is 0 Å². The standard InChI is InChI=1S/C16H33IO3/c1-2-3-4-5-6-7-8-9-11-18-13-15-20-16-14-19-12-10-17/h2-16H2,1H3. The van der Waals surface area contributed by atoms with E-state index < -0.39 is 0 Å². The van der Waals surface area contributed by atoms with Crippen LogP contribution in [0.25, 0.3) is 0 Å². The Balaban J connectivity index is 2.89. The zero-order chi connectivity index (χ0) is 14.7. The molecule has 0 saturated carbocycles. The van der Waals surface area contributed by atoms with Crippen LogP contribution < -0.4 is 0 Å². The molecule has 0 radical (unpaired) electrons. The van der Waals surface area contributed by atoms with Gasteiger partial charge in [-0.2, -0.15) is 0 Å². The third-order valence-electron chi connectivity index (χ3n) is 3.11. The Bertz CT molecular complexity index is 150. The van der Waals surface area contributed by atoms with Crippen molar-refractivity contribution in [2.75, 3.05) is 44.1 Å². The van der Waals surface area contributed by atoms with E-state index >= 15 is 0 Å². The molecule has 0 aliphatic rings. The Labute approximate surface area is 139 Å². The number of unbranched alkanes of at least 4 members (excludes halogenated alkanes) is 7. The molecule has 122 valence electrons. The van der Waals surface area contributed by atoms with E-state index in [-0.39, 0.29) is 0 Å². The van der Waals surface area contributed by atoms with Gasteiger partial charge in [-0.25, -0.2) is 0 Å². The molecule has 0 rings (SSSR count). The molecule has 0 N–H and O–H groups in total. The second-order valence-corrected chi connectivity index (χ2v) is 6.08. The normalized spacial score (nSPS) is 11.1. The summed E-state index contributed by atoms with van der Waals surface area (Å²) in [6.07, 6.45) is 10.8. The largest absolute Gasteiger partial charge is 0.379 e. The topological polar surface area (TPSA) is 27.7 Å². The Kier molecular flexibility index (Phi) is 20.2. The van der Waals surface area contributed by atoms with Gasteiger partial charge in [-0.05, 0) is 6.42 Å². The zero-order valence-electron chi connectivity index (χ0n) is 13.2. The van der Waals surface area contributed by atoms with E-state index in [1.165, 1.54) is 51.4 Å². The monoisotopic (exact) mass is 400 g/mol. The number of rotatable bonds is 17. The first-order chi connectivity index (χ1) is 9.91. The fourth-order valence-corrected chi connectivity index (χ4v) is 2.25. The summed E-state index contributed by atoms with van der Waals surface area (Å²) >= 11 is 2.30. The van der Waals surface area contributed by atoms with Crippen LogP contribution >= 0.6 is 22.6 Å². The van der Waals surface area contributed by atoms with Crippen molar-refractivity contribution >= 4 is 22.6 Å². The van der Waals surface area contributed by atoms with Crippen LogP contribution in [0.1, 0.15) is 58.3 Å². The predicted molar refractivity (Wildman–Crippen MR) is 94.0 cm³/mol. The highest BCUT2D eigenvalue weighted by Gasteiger charge is 1.93. The molecule has 0 aromatic heterocycles. The minimum Gasteiger partial charge on any atom is -0.379 e. The lowest BCUT2D eigenvalue weighted by Gasteiger charge is -2.06. The van der Waals surface area contributed by atoms with Gasteiger partial charge in [-0.15, -0.1) is 0 Å². The Hall–Kier alpha value is 0.610. The molecule has 0 aliphatic carbocycles. The summed E-state index contributed by atoms with van der Waals surface area (Å²) in [6.45, 7) is 6.73. The molecule has 0 bridgehead atoms. The number of ether oxygens (including phenoxy) is 3. The van der Waals surface area contributed by atoms with Crippen LogP contribution in [0.2, 0.25) is 0 Å². The van der Waals surface area contributed by atoms with Gasteiger partial charge in [0.15, 0.2) is 0 Å². The van der Waals surface area contributed by atoms with E-state index in [1.54, 1.807) is 0 Å². The van der Waals surface area contributed by atoms with E-state index in [0.717, 1.165) is 17.6 Å². The van der Waals surface area contributed by atoms with Gasteiger partial charge >= 0.3 is 0 Å². The van der Waals surface area contributed by atoms with Crippen LogP contribution in [-0.4, -0.2) is 44.1 Å². The van der Waals surface area contributed by atoms with Gasteiger partial charge in [-0.1, -0.05) is 74.5 Å². The fraction of sp³-hybridized carbons (Fsp3) is 1.00. The third-order valence-corrected chi connectivity index (χ3v) is 3.55. The molecule has 20 heavy (non-hydrogen) atoms. The summed E-state index contributed by atoms with van der Waals surface area (Å²) in [5.74, 6) is 0. The minimum atomic E-state index is 0.678. The van der Waals surface area contributed by atoms with Gasteiger partial charge in [0, 0.05) is 11.0 Å². The van der Waals surface area contributed by atoms with Crippen LogP contribution in [0.5, 0.6) is 0 Å².